The molecule has 6 nitrogen and oxygen atoms in total. The van der Waals surface area contributed by atoms with Crippen LogP contribution in [0.25, 0.3) is 0 Å². The van der Waals surface area contributed by atoms with Crippen molar-refractivity contribution in [1.82, 2.24) is 4.90 Å². The monoisotopic (exact) mass is 475 g/mol. The van der Waals surface area contributed by atoms with Gasteiger partial charge in [0.1, 0.15) is 0 Å². The van der Waals surface area contributed by atoms with Gasteiger partial charge >= 0.3 is 5.97 Å². The number of methoxy groups -OCH3 is 3. The lowest BCUT2D eigenvalue weighted by Gasteiger charge is -2.23. The van der Waals surface area contributed by atoms with E-state index in [0.29, 0.717) is 41.7 Å². The van der Waals surface area contributed by atoms with Gasteiger partial charge in [-0.1, -0.05) is 60.7 Å². The minimum absolute atomic E-state index is 0.0179. The predicted molar refractivity (Wildman–Crippen MR) is 136 cm³/mol. The summed E-state index contributed by atoms with van der Waals surface area (Å²) < 4.78 is 16.4. The smallest absolute Gasteiger partial charge is 0.336 e. The Morgan fingerprint density at radius 1 is 0.943 bits per heavy atom. The van der Waals surface area contributed by atoms with Crippen LogP contribution in [0.4, 0.5) is 0 Å². The van der Waals surface area contributed by atoms with Crippen LogP contribution in [0, 0.1) is 5.92 Å². The molecule has 1 atom stereocenters. The standard InChI is InChI=1S/C29H33NO5/c1-30(16-15-23-24(28(31)32)17-25(33-2)27(35-4)26(23)34-3)19-22-18-29(22,20-11-7-5-8-12-20)21-13-9-6-10-14-21/h5-14,17,22H,15-16,18-19H2,1-4H3,(H,31,32). The summed E-state index contributed by atoms with van der Waals surface area (Å²) in [7, 11) is 6.62. The quantitative estimate of drug-likeness (QED) is 0.426. The first-order chi connectivity index (χ1) is 17.0. The molecule has 0 spiro atoms. The Labute approximate surface area is 207 Å². The topological polar surface area (TPSA) is 68.2 Å². The largest absolute Gasteiger partial charge is 0.493 e. The average Bonchev–Trinajstić information content (AvgIpc) is 3.61. The minimum Gasteiger partial charge on any atom is -0.493 e. The maximum absolute atomic E-state index is 12.0. The fourth-order valence-corrected chi connectivity index (χ4v) is 5.32. The third-order valence-electron chi connectivity index (χ3n) is 7.12. The number of carboxylic acids is 1. The molecule has 0 bridgehead atoms. The summed E-state index contributed by atoms with van der Waals surface area (Å²) in [5.74, 6) is 0.617. The summed E-state index contributed by atoms with van der Waals surface area (Å²) in [6.07, 6.45) is 1.60. The van der Waals surface area contributed by atoms with Crippen molar-refractivity contribution in [2.75, 3.05) is 41.5 Å². The summed E-state index contributed by atoms with van der Waals surface area (Å²) in [6, 6.07) is 22.9. The highest BCUT2D eigenvalue weighted by atomic mass is 16.5. The number of aromatic carboxylic acids is 1. The van der Waals surface area contributed by atoms with Gasteiger partial charge in [0.05, 0.1) is 26.9 Å². The molecule has 35 heavy (non-hydrogen) atoms. The fourth-order valence-electron chi connectivity index (χ4n) is 5.32. The molecule has 3 aromatic carbocycles. The molecular weight excluding hydrogens is 442 g/mol. The Hall–Kier alpha value is -3.51. The van der Waals surface area contributed by atoms with E-state index in [1.807, 2.05) is 0 Å². The lowest BCUT2D eigenvalue weighted by Crippen LogP contribution is -2.27. The first kappa shape index (κ1) is 24.6. The van der Waals surface area contributed by atoms with Crippen LogP contribution in [0.15, 0.2) is 66.7 Å². The number of carbonyl (C=O) groups is 1. The first-order valence-corrected chi connectivity index (χ1v) is 11.8. The van der Waals surface area contributed by atoms with E-state index in [-0.39, 0.29) is 11.0 Å². The van der Waals surface area contributed by atoms with Crippen LogP contribution in [-0.2, 0) is 11.8 Å². The van der Waals surface area contributed by atoms with E-state index in [1.54, 1.807) is 0 Å². The van der Waals surface area contributed by atoms with Gasteiger partial charge in [-0.3, -0.25) is 0 Å². The zero-order valence-corrected chi connectivity index (χ0v) is 20.8. The Morgan fingerprint density at radius 2 is 1.51 bits per heavy atom. The molecule has 1 aliphatic rings. The molecular formula is C29H33NO5. The van der Waals surface area contributed by atoms with Gasteiger partial charge in [0, 0.05) is 24.1 Å². The lowest BCUT2D eigenvalue weighted by molar-refractivity contribution is 0.0694. The molecule has 1 N–H and O–H groups in total. The van der Waals surface area contributed by atoms with Gasteiger partial charge in [-0.2, -0.15) is 0 Å². The molecule has 1 saturated carbocycles. The van der Waals surface area contributed by atoms with Gasteiger partial charge < -0.3 is 24.2 Å². The maximum atomic E-state index is 12.0. The number of hydrogen-bond donors (Lipinski definition) is 1. The molecule has 0 amide bonds. The Balaban J connectivity index is 1.54. The third kappa shape index (κ3) is 4.71. The third-order valence-corrected chi connectivity index (χ3v) is 7.12. The fraction of sp³-hybridized carbons (Fsp3) is 0.345. The van der Waals surface area contributed by atoms with Crippen LogP contribution in [0.2, 0.25) is 0 Å². The van der Waals surface area contributed by atoms with E-state index >= 15 is 0 Å². The highest BCUT2D eigenvalue weighted by Gasteiger charge is 2.56. The van der Waals surface area contributed by atoms with Crippen molar-refractivity contribution in [3.63, 3.8) is 0 Å². The second-order valence-corrected chi connectivity index (χ2v) is 9.09. The second-order valence-electron chi connectivity index (χ2n) is 9.09. The SMILES string of the molecule is COc1cc(C(=O)O)c(CCN(C)CC2CC2(c2ccccc2)c2ccccc2)c(OC)c1OC. The van der Waals surface area contributed by atoms with E-state index in [9.17, 15) is 9.90 Å². The summed E-state index contributed by atoms with van der Waals surface area (Å²) in [5.41, 5.74) is 3.49. The van der Waals surface area contributed by atoms with Gasteiger partial charge in [0.15, 0.2) is 11.5 Å². The maximum Gasteiger partial charge on any atom is 0.336 e. The van der Waals surface area contributed by atoms with Crippen LogP contribution in [0.1, 0.15) is 33.5 Å². The number of likely N-dealkylation sites (N-methyl/N-ethyl adjacent to an activating group) is 1. The van der Waals surface area contributed by atoms with E-state index in [1.165, 1.54) is 38.5 Å². The highest BCUT2D eigenvalue weighted by Crippen LogP contribution is 2.59. The molecule has 184 valence electrons. The summed E-state index contributed by atoms with van der Waals surface area (Å²) >= 11 is 0. The zero-order chi connectivity index (χ0) is 25.0. The van der Waals surface area contributed by atoms with Gasteiger partial charge in [0.2, 0.25) is 5.75 Å². The van der Waals surface area contributed by atoms with Crippen molar-refractivity contribution in [3.05, 3.63) is 89.0 Å². The molecule has 0 radical (unpaired) electrons. The molecule has 0 saturated heterocycles. The number of nitrogens with zero attached hydrogens (tertiary/aromatic N) is 1. The van der Waals surface area contributed by atoms with Crippen LogP contribution >= 0.6 is 0 Å². The van der Waals surface area contributed by atoms with Crippen LogP contribution < -0.4 is 14.2 Å². The van der Waals surface area contributed by atoms with Crippen molar-refractivity contribution in [2.24, 2.45) is 5.92 Å². The van der Waals surface area contributed by atoms with E-state index in [0.717, 1.165) is 13.0 Å². The van der Waals surface area contributed by atoms with Gasteiger partial charge in [-0.15, -0.1) is 0 Å². The second kappa shape index (κ2) is 10.4. The highest BCUT2D eigenvalue weighted by molar-refractivity contribution is 5.92. The van der Waals surface area contributed by atoms with Crippen molar-refractivity contribution in [3.8, 4) is 17.2 Å². The Bertz CT molecular complexity index is 1120. The Morgan fingerprint density at radius 3 is 2.00 bits per heavy atom. The van der Waals surface area contributed by atoms with Gasteiger partial charge in [-0.05, 0) is 43.0 Å². The van der Waals surface area contributed by atoms with Crippen molar-refractivity contribution in [1.29, 1.82) is 0 Å². The molecule has 1 fully saturated rings. The summed E-state index contributed by atoms with van der Waals surface area (Å²) in [5, 5.41) is 9.85. The number of hydrogen-bond acceptors (Lipinski definition) is 5. The number of rotatable bonds is 11. The van der Waals surface area contributed by atoms with Crippen LogP contribution in [0.3, 0.4) is 0 Å². The van der Waals surface area contributed by atoms with Crippen LogP contribution in [-0.4, -0.2) is 57.4 Å². The normalized spacial score (nSPS) is 16.1. The molecule has 4 rings (SSSR count). The number of ether oxygens (including phenoxy) is 3. The van der Waals surface area contributed by atoms with Gasteiger partial charge in [-0.25, -0.2) is 4.79 Å². The lowest BCUT2D eigenvalue weighted by atomic mass is 9.85. The van der Waals surface area contributed by atoms with Crippen molar-refractivity contribution < 1.29 is 24.1 Å². The molecule has 0 aromatic heterocycles. The first-order valence-electron chi connectivity index (χ1n) is 11.8. The molecule has 6 heteroatoms. The number of benzene rings is 3. The molecule has 1 unspecified atom stereocenters. The molecule has 0 aliphatic heterocycles. The Kier molecular flexibility index (Phi) is 7.31. The summed E-state index contributed by atoms with van der Waals surface area (Å²) in [6.45, 7) is 1.59. The zero-order valence-electron chi connectivity index (χ0n) is 20.8. The van der Waals surface area contributed by atoms with Gasteiger partial charge in [0.25, 0.3) is 0 Å². The molecule has 1 aliphatic carbocycles. The van der Waals surface area contributed by atoms with Crippen LogP contribution in [0.5, 0.6) is 17.2 Å². The van der Waals surface area contributed by atoms with E-state index in [4.69, 9.17) is 14.2 Å². The van der Waals surface area contributed by atoms with Crippen molar-refractivity contribution >= 4 is 5.97 Å². The average molecular weight is 476 g/mol. The number of carboxylic acid groups (broad SMARTS) is 1. The van der Waals surface area contributed by atoms with E-state index < -0.39 is 5.97 Å². The van der Waals surface area contributed by atoms with E-state index in [2.05, 4.69) is 72.6 Å². The van der Waals surface area contributed by atoms with Crippen molar-refractivity contribution in [2.45, 2.75) is 18.3 Å². The molecule has 3 aromatic rings. The minimum atomic E-state index is -1.02. The summed E-state index contributed by atoms with van der Waals surface area (Å²) in [4.78, 5) is 14.3. The predicted octanol–water partition coefficient (Wildman–Crippen LogP) is 4.89. The molecule has 0 heterocycles.